The molecule has 0 amide bonds. The van der Waals surface area contributed by atoms with E-state index in [4.69, 9.17) is 0 Å². The highest BCUT2D eigenvalue weighted by molar-refractivity contribution is 8.03. The molecule has 2 aliphatic heterocycles. The smallest absolute Gasteiger partial charge is 0.133 e. The monoisotopic (exact) mass is 720 g/mol. The summed E-state index contributed by atoms with van der Waals surface area (Å²) in [6.07, 6.45) is 17.1. The Balaban J connectivity index is 1.33. The lowest BCUT2D eigenvalue weighted by atomic mass is 10.0. The number of hydrogen-bond acceptors (Lipinski definition) is 6. The normalized spacial score (nSPS) is 20.0. The van der Waals surface area contributed by atoms with Gasteiger partial charge in [0.05, 0.1) is 46.1 Å². The van der Waals surface area contributed by atoms with Crippen molar-refractivity contribution in [3.8, 4) is 11.8 Å². The first kappa shape index (κ1) is 41.2. The number of halogens is 1. The van der Waals surface area contributed by atoms with E-state index in [1.165, 1.54) is 78.1 Å². The summed E-state index contributed by atoms with van der Waals surface area (Å²) in [5, 5.41) is 11.4. The van der Waals surface area contributed by atoms with Gasteiger partial charge in [0.2, 0.25) is 0 Å². The summed E-state index contributed by atoms with van der Waals surface area (Å²) in [5.41, 5.74) is 6.63. The predicted molar refractivity (Wildman–Crippen MR) is 217 cm³/mol. The molecule has 1 aromatic carbocycles. The van der Waals surface area contributed by atoms with Crippen LogP contribution in [0.5, 0.6) is 0 Å². The molecule has 3 N–H and O–H groups in total. The van der Waals surface area contributed by atoms with Gasteiger partial charge in [0.25, 0.3) is 0 Å². The SMILES string of the molecule is C=C(C)C1=C(CCCCc2ccc(C#CCN(C)C)cc2F)SC(N(CCCC(C)C[N+]2(C)CCCCC2)CNC(C)NC2=C(C)C=CCC2)N1. The van der Waals surface area contributed by atoms with E-state index in [0.29, 0.717) is 6.54 Å². The zero-order chi connectivity index (χ0) is 36.8. The zero-order valence-corrected chi connectivity index (χ0v) is 33.8. The third kappa shape index (κ3) is 13.7. The zero-order valence-electron chi connectivity index (χ0n) is 33.0. The highest BCUT2D eigenvalue weighted by Gasteiger charge is 2.30. The minimum absolute atomic E-state index is 0.148. The van der Waals surface area contributed by atoms with Gasteiger partial charge in [0.1, 0.15) is 11.3 Å². The average molecular weight is 720 g/mol. The Labute approximate surface area is 315 Å². The number of quaternary nitrogens is 1. The third-order valence-corrected chi connectivity index (χ3v) is 11.9. The van der Waals surface area contributed by atoms with Crippen LogP contribution < -0.4 is 16.0 Å². The average Bonchev–Trinajstić information content (AvgIpc) is 3.51. The Kier molecular flexibility index (Phi) is 16.7. The lowest BCUT2D eigenvalue weighted by molar-refractivity contribution is -0.917. The Morgan fingerprint density at radius 3 is 2.61 bits per heavy atom. The van der Waals surface area contributed by atoms with Crippen molar-refractivity contribution in [1.82, 2.24) is 25.8 Å². The maximum absolute atomic E-state index is 14.9. The summed E-state index contributed by atoms with van der Waals surface area (Å²) in [7, 11) is 6.44. The molecule has 3 aliphatic rings. The maximum atomic E-state index is 14.9. The van der Waals surface area contributed by atoms with Crippen LogP contribution in [0.25, 0.3) is 0 Å². The van der Waals surface area contributed by atoms with Gasteiger partial charge in [0, 0.05) is 34.3 Å². The van der Waals surface area contributed by atoms with Crippen LogP contribution in [0.15, 0.2) is 64.4 Å². The van der Waals surface area contributed by atoms with Crippen molar-refractivity contribution in [2.45, 2.75) is 110 Å². The molecule has 0 bridgehead atoms. The van der Waals surface area contributed by atoms with Gasteiger partial charge in [-0.05, 0) is 134 Å². The van der Waals surface area contributed by atoms with Gasteiger partial charge in [0.15, 0.2) is 0 Å². The van der Waals surface area contributed by atoms with Crippen molar-refractivity contribution < 1.29 is 8.87 Å². The molecule has 8 heteroatoms. The van der Waals surface area contributed by atoms with E-state index < -0.39 is 0 Å². The highest BCUT2D eigenvalue weighted by Crippen LogP contribution is 2.38. The lowest BCUT2D eigenvalue weighted by Gasteiger charge is -2.39. The minimum atomic E-state index is -0.148. The Bertz CT molecular complexity index is 1450. The standard InChI is InChI=1S/C43H68FN6S/c1-33(2)42-41(23-13-11-21-38-25-24-37(30-39(38)44)20-17-26-48(6)7)51-43(47-42)49(32-45-36(5)46-40-22-12-10-19-35(40)4)27-16-18-34(3)31-50(8)28-14-9-15-29-50/h10,19,24-25,30,34,36,43,45-47H,1,9,11-16,18,21-23,26-29,31-32H2,2-8H3/q+1. The van der Waals surface area contributed by atoms with E-state index >= 15 is 0 Å². The molecule has 6 nitrogen and oxygen atoms in total. The molecule has 0 saturated carbocycles. The number of piperidine rings is 1. The summed E-state index contributed by atoms with van der Waals surface area (Å²) in [6, 6.07) is 5.44. The molecule has 51 heavy (non-hydrogen) atoms. The van der Waals surface area contributed by atoms with E-state index in [1.807, 2.05) is 42.9 Å². The van der Waals surface area contributed by atoms with Gasteiger partial charge in [-0.2, -0.15) is 0 Å². The second kappa shape index (κ2) is 20.6. The molecule has 1 aromatic rings. The molecule has 0 spiro atoms. The summed E-state index contributed by atoms with van der Waals surface area (Å²) in [6.45, 7) is 19.8. The number of nitrogens with zero attached hydrogens (tertiary/aromatic N) is 3. The highest BCUT2D eigenvalue weighted by atomic mass is 32.2. The van der Waals surface area contributed by atoms with Crippen LogP contribution in [0.4, 0.5) is 4.39 Å². The molecule has 1 aliphatic carbocycles. The van der Waals surface area contributed by atoms with Crippen LogP contribution >= 0.6 is 11.8 Å². The van der Waals surface area contributed by atoms with Gasteiger partial charge < -0.3 is 15.1 Å². The second-order valence-electron chi connectivity index (χ2n) is 15.9. The molecule has 4 rings (SSSR count). The van der Waals surface area contributed by atoms with Gasteiger partial charge in [-0.15, -0.1) is 0 Å². The molecule has 3 atom stereocenters. The number of likely N-dealkylation sites (tertiary alicyclic amines) is 1. The van der Waals surface area contributed by atoms with Crippen LogP contribution in [-0.4, -0.2) is 86.5 Å². The molecular weight excluding hydrogens is 652 g/mol. The van der Waals surface area contributed by atoms with Crippen LogP contribution in [0, 0.1) is 23.6 Å². The number of hydrogen-bond donors (Lipinski definition) is 3. The Morgan fingerprint density at radius 2 is 1.90 bits per heavy atom. The number of nitrogens with one attached hydrogen (secondary N) is 3. The topological polar surface area (TPSA) is 42.6 Å². The number of thioether (sulfide) groups is 1. The largest absolute Gasteiger partial charge is 0.373 e. The summed E-state index contributed by atoms with van der Waals surface area (Å²) < 4.78 is 16.2. The molecule has 0 aromatic heterocycles. The van der Waals surface area contributed by atoms with Gasteiger partial charge in [-0.1, -0.05) is 55.3 Å². The van der Waals surface area contributed by atoms with E-state index in [-0.39, 0.29) is 17.5 Å². The fourth-order valence-corrected chi connectivity index (χ4v) is 9.02. The molecular formula is C43H68FN6S+. The number of aryl methyl sites for hydroxylation is 1. The van der Waals surface area contributed by atoms with Gasteiger partial charge >= 0.3 is 0 Å². The summed E-state index contributed by atoms with van der Waals surface area (Å²) >= 11 is 1.95. The van der Waals surface area contributed by atoms with Gasteiger partial charge in [-0.25, -0.2) is 4.39 Å². The summed E-state index contributed by atoms with van der Waals surface area (Å²) in [5.74, 6) is 6.74. The van der Waals surface area contributed by atoms with E-state index in [1.54, 1.807) is 6.07 Å². The first-order valence-electron chi connectivity index (χ1n) is 19.6. The molecule has 0 radical (unpaired) electrons. The number of rotatable bonds is 19. The van der Waals surface area contributed by atoms with Crippen LogP contribution in [0.1, 0.15) is 103 Å². The first-order chi connectivity index (χ1) is 24.4. The van der Waals surface area contributed by atoms with Crippen molar-refractivity contribution in [2.24, 2.45) is 5.92 Å². The van der Waals surface area contributed by atoms with Crippen molar-refractivity contribution in [3.05, 3.63) is 81.3 Å². The van der Waals surface area contributed by atoms with E-state index in [2.05, 4.69) is 86.2 Å². The Hall–Kier alpha value is -2.54. The van der Waals surface area contributed by atoms with Crippen molar-refractivity contribution >= 4 is 11.8 Å². The van der Waals surface area contributed by atoms with Crippen molar-refractivity contribution in [3.63, 3.8) is 0 Å². The van der Waals surface area contributed by atoms with Crippen LogP contribution in [0.3, 0.4) is 0 Å². The van der Waals surface area contributed by atoms with Crippen LogP contribution in [0.2, 0.25) is 0 Å². The first-order valence-corrected chi connectivity index (χ1v) is 20.5. The molecule has 2 heterocycles. The number of benzene rings is 1. The maximum Gasteiger partial charge on any atom is 0.133 e. The lowest BCUT2D eigenvalue weighted by Crippen LogP contribution is -2.51. The Morgan fingerprint density at radius 1 is 1.14 bits per heavy atom. The molecule has 1 fully saturated rings. The minimum Gasteiger partial charge on any atom is -0.373 e. The number of unbranched alkanes of at least 4 members (excludes halogenated alkanes) is 1. The van der Waals surface area contributed by atoms with E-state index in [9.17, 15) is 4.39 Å². The fourth-order valence-electron chi connectivity index (χ4n) is 7.63. The van der Waals surface area contributed by atoms with E-state index in [0.717, 1.165) is 74.4 Å². The van der Waals surface area contributed by atoms with Crippen molar-refractivity contribution in [2.75, 3.05) is 60.5 Å². The number of allylic oxidation sites excluding steroid dienone is 6. The fraction of sp³-hybridized carbons (Fsp3) is 0.628. The molecule has 1 saturated heterocycles. The summed E-state index contributed by atoms with van der Waals surface area (Å²) in [4.78, 5) is 5.97. The molecule has 282 valence electrons. The third-order valence-electron chi connectivity index (χ3n) is 10.5. The predicted octanol–water partition coefficient (Wildman–Crippen LogP) is 8.31. The van der Waals surface area contributed by atoms with Gasteiger partial charge in [-0.3, -0.25) is 15.1 Å². The quantitative estimate of drug-likeness (QED) is 0.0579. The molecule has 3 unspecified atom stereocenters. The second-order valence-corrected chi connectivity index (χ2v) is 17.1. The van der Waals surface area contributed by atoms with Crippen LogP contribution in [-0.2, 0) is 6.42 Å². The van der Waals surface area contributed by atoms with Crippen molar-refractivity contribution in [1.29, 1.82) is 0 Å².